The summed E-state index contributed by atoms with van der Waals surface area (Å²) < 4.78 is 2.85. The smallest absolute Gasteiger partial charge is 0.339 e. The van der Waals surface area contributed by atoms with E-state index >= 15 is 0 Å². The van der Waals surface area contributed by atoms with Gasteiger partial charge in [0.2, 0.25) is 0 Å². The number of hydrogen-bond acceptors (Lipinski definition) is 4. The van der Waals surface area contributed by atoms with Crippen LogP contribution in [0.4, 0.5) is 0 Å². The number of nitrogens with zero attached hydrogens (tertiary/aromatic N) is 4. The lowest BCUT2D eigenvalue weighted by atomic mass is 10.2. The normalized spacial score (nSPS) is 10.4. The molecule has 19 heavy (non-hydrogen) atoms. The third-order valence-electron chi connectivity index (χ3n) is 2.58. The Labute approximate surface area is 108 Å². The Bertz CT molecular complexity index is 628. The first-order valence-corrected chi connectivity index (χ1v) is 5.51. The van der Waals surface area contributed by atoms with E-state index in [1.807, 2.05) is 0 Å². The summed E-state index contributed by atoms with van der Waals surface area (Å²) in [6.45, 7) is 0.226. The van der Waals surface area contributed by atoms with Crippen molar-refractivity contribution in [3.05, 3.63) is 35.4 Å². The Kier molecular flexibility index (Phi) is 3.32. The van der Waals surface area contributed by atoms with Crippen LogP contribution in [0.5, 0.6) is 0 Å². The maximum Gasteiger partial charge on any atom is 0.339 e. The lowest BCUT2D eigenvalue weighted by Gasteiger charge is -2.04. The van der Waals surface area contributed by atoms with Crippen LogP contribution in [-0.4, -0.2) is 36.5 Å². The summed E-state index contributed by atoms with van der Waals surface area (Å²) in [7, 11) is 3.29. The molecule has 0 spiro atoms. The third-order valence-corrected chi connectivity index (χ3v) is 2.58. The Morgan fingerprint density at radius 2 is 2.16 bits per heavy atom. The minimum Gasteiger partial charge on any atom is -0.478 e. The summed E-state index contributed by atoms with van der Waals surface area (Å²) >= 11 is 0. The Hall–Kier alpha value is -2.64. The molecule has 0 unspecified atom stereocenters. The number of aromatic carboxylic acids is 1. The van der Waals surface area contributed by atoms with Crippen molar-refractivity contribution in [1.29, 1.82) is 0 Å². The van der Waals surface area contributed by atoms with Gasteiger partial charge in [-0.3, -0.25) is 14.2 Å². The Balaban J connectivity index is 2.12. The van der Waals surface area contributed by atoms with Gasteiger partial charge < -0.3 is 10.4 Å². The molecule has 0 aliphatic heterocycles. The summed E-state index contributed by atoms with van der Waals surface area (Å²) in [5.74, 6) is -1.68. The van der Waals surface area contributed by atoms with Gasteiger partial charge in [0.1, 0.15) is 11.3 Å². The molecule has 0 saturated heterocycles. The fraction of sp³-hybridized carbons (Fsp3) is 0.273. The molecular formula is C11H13N5O3. The number of carboxylic acids is 1. The lowest BCUT2D eigenvalue weighted by molar-refractivity contribution is 0.0690. The van der Waals surface area contributed by atoms with Crippen molar-refractivity contribution in [2.75, 3.05) is 0 Å². The molecule has 0 saturated carbocycles. The molecule has 0 aliphatic carbocycles. The van der Waals surface area contributed by atoms with E-state index in [4.69, 9.17) is 5.11 Å². The maximum atomic E-state index is 12.0. The molecule has 0 radical (unpaired) electrons. The van der Waals surface area contributed by atoms with E-state index < -0.39 is 11.9 Å². The van der Waals surface area contributed by atoms with Crippen LogP contribution in [0.1, 0.15) is 26.5 Å². The van der Waals surface area contributed by atoms with E-state index in [-0.39, 0.29) is 17.8 Å². The number of carbonyl (C=O) groups excluding carboxylic acids is 1. The van der Waals surface area contributed by atoms with Gasteiger partial charge in [0.25, 0.3) is 5.91 Å². The van der Waals surface area contributed by atoms with E-state index in [1.165, 1.54) is 11.7 Å². The van der Waals surface area contributed by atoms with Crippen molar-refractivity contribution in [3.63, 3.8) is 0 Å². The van der Waals surface area contributed by atoms with E-state index in [2.05, 4.69) is 15.5 Å². The first-order chi connectivity index (χ1) is 8.99. The number of rotatable bonds is 4. The molecule has 2 N–H and O–H groups in total. The van der Waals surface area contributed by atoms with Gasteiger partial charge in [0, 0.05) is 20.3 Å². The van der Waals surface area contributed by atoms with Gasteiger partial charge >= 0.3 is 5.97 Å². The summed E-state index contributed by atoms with van der Waals surface area (Å²) in [6.07, 6.45) is 2.91. The van der Waals surface area contributed by atoms with Gasteiger partial charge in [0.15, 0.2) is 0 Å². The summed E-state index contributed by atoms with van der Waals surface area (Å²) in [6, 6.07) is 1.77. The van der Waals surface area contributed by atoms with Crippen LogP contribution in [0, 0.1) is 0 Å². The third kappa shape index (κ3) is 2.62. The zero-order valence-corrected chi connectivity index (χ0v) is 10.5. The topological polar surface area (TPSA) is 102 Å². The monoisotopic (exact) mass is 263 g/mol. The lowest BCUT2D eigenvalue weighted by Crippen LogP contribution is -2.27. The van der Waals surface area contributed by atoms with Crippen molar-refractivity contribution < 1.29 is 14.7 Å². The molecule has 0 fully saturated rings. The molecule has 0 aromatic carbocycles. The zero-order chi connectivity index (χ0) is 14.0. The molecule has 2 aromatic rings. The SMILES string of the molecule is Cn1ccc(CNC(=O)c2c(C(=O)O)cnn2C)n1. The van der Waals surface area contributed by atoms with Gasteiger partial charge in [-0.05, 0) is 6.07 Å². The van der Waals surface area contributed by atoms with E-state index in [9.17, 15) is 9.59 Å². The summed E-state index contributed by atoms with van der Waals surface area (Å²) in [5, 5.41) is 19.5. The van der Waals surface area contributed by atoms with Gasteiger partial charge in [-0.1, -0.05) is 0 Å². The van der Waals surface area contributed by atoms with Crippen LogP contribution >= 0.6 is 0 Å². The highest BCUT2D eigenvalue weighted by atomic mass is 16.4. The number of carboxylic acid groups (broad SMARTS) is 1. The number of hydrogen-bond donors (Lipinski definition) is 2. The van der Waals surface area contributed by atoms with Crippen LogP contribution in [0.2, 0.25) is 0 Å². The predicted molar refractivity (Wildman–Crippen MR) is 64.5 cm³/mol. The molecule has 2 heterocycles. The molecule has 0 aliphatic rings. The highest BCUT2D eigenvalue weighted by molar-refractivity contribution is 6.03. The van der Waals surface area contributed by atoms with Crippen LogP contribution in [0.25, 0.3) is 0 Å². The van der Waals surface area contributed by atoms with Crippen molar-refractivity contribution in [3.8, 4) is 0 Å². The van der Waals surface area contributed by atoms with E-state index in [1.54, 1.807) is 24.0 Å². The second-order valence-corrected chi connectivity index (χ2v) is 4.00. The van der Waals surface area contributed by atoms with Crippen molar-refractivity contribution in [1.82, 2.24) is 24.9 Å². The Morgan fingerprint density at radius 3 is 2.74 bits per heavy atom. The van der Waals surface area contributed by atoms with E-state index in [0.29, 0.717) is 5.69 Å². The quantitative estimate of drug-likeness (QED) is 0.794. The van der Waals surface area contributed by atoms with Crippen LogP contribution in [0.15, 0.2) is 18.5 Å². The molecule has 8 heteroatoms. The minimum absolute atomic E-state index is 0.0171. The average Bonchev–Trinajstić information content (AvgIpc) is 2.92. The molecule has 1 amide bonds. The van der Waals surface area contributed by atoms with Crippen LogP contribution < -0.4 is 5.32 Å². The highest BCUT2D eigenvalue weighted by Gasteiger charge is 2.21. The predicted octanol–water partition coefficient (Wildman–Crippen LogP) is -0.218. The minimum atomic E-state index is -1.18. The number of nitrogens with one attached hydrogen (secondary N) is 1. The number of aryl methyl sites for hydroxylation is 2. The fourth-order valence-electron chi connectivity index (χ4n) is 1.68. The molecule has 0 atom stereocenters. The van der Waals surface area contributed by atoms with Gasteiger partial charge in [-0.25, -0.2) is 4.79 Å². The molecule has 8 nitrogen and oxygen atoms in total. The van der Waals surface area contributed by atoms with Gasteiger partial charge in [0.05, 0.1) is 18.4 Å². The van der Waals surface area contributed by atoms with Crippen molar-refractivity contribution in [2.24, 2.45) is 14.1 Å². The first-order valence-electron chi connectivity index (χ1n) is 5.51. The van der Waals surface area contributed by atoms with Gasteiger partial charge in [-0.2, -0.15) is 10.2 Å². The molecule has 100 valence electrons. The van der Waals surface area contributed by atoms with Crippen LogP contribution in [0.3, 0.4) is 0 Å². The standard InChI is InChI=1S/C11H13N5O3/c1-15-4-3-7(14-15)5-12-10(17)9-8(11(18)19)6-13-16(9)2/h3-4,6H,5H2,1-2H3,(H,12,17)(H,18,19). The highest BCUT2D eigenvalue weighted by Crippen LogP contribution is 2.07. The fourth-order valence-corrected chi connectivity index (χ4v) is 1.68. The van der Waals surface area contributed by atoms with Crippen molar-refractivity contribution in [2.45, 2.75) is 6.54 Å². The summed E-state index contributed by atoms with van der Waals surface area (Å²) in [5.41, 5.74) is 0.583. The summed E-state index contributed by atoms with van der Waals surface area (Å²) in [4.78, 5) is 22.9. The second kappa shape index (κ2) is 4.92. The second-order valence-electron chi connectivity index (χ2n) is 4.00. The first kappa shape index (κ1) is 12.8. The van der Waals surface area contributed by atoms with E-state index in [0.717, 1.165) is 6.20 Å². The molecule has 0 bridgehead atoms. The average molecular weight is 263 g/mol. The zero-order valence-electron chi connectivity index (χ0n) is 10.5. The largest absolute Gasteiger partial charge is 0.478 e. The van der Waals surface area contributed by atoms with Crippen molar-refractivity contribution >= 4 is 11.9 Å². The Morgan fingerprint density at radius 1 is 1.42 bits per heavy atom. The molecule has 2 rings (SSSR count). The molecular weight excluding hydrogens is 250 g/mol. The maximum absolute atomic E-state index is 12.0. The molecule has 2 aromatic heterocycles. The number of amides is 1. The van der Waals surface area contributed by atoms with Crippen LogP contribution in [-0.2, 0) is 20.6 Å². The number of carbonyl (C=O) groups is 2. The van der Waals surface area contributed by atoms with Gasteiger partial charge in [-0.15, -0.1) is 0 Å². The number of aromatic nitrogens is 4.